The fraction of sp³-hybridized carbons (Fsp3) is 0.900. The van der Waals surface area contributed by atoms with E-state index in [1.165, 1.54) is 12.8 Å². The summed E-state index contributed by atoms with van der Waals surface area (Å²) >= 11 is 0. The van der Waals surface area contributed by atoms with Gasteiger partial charge in [-0.15, -0.1) is 0 Å². The number of ether oxygens (including phenoxy) is 1. The fourth-order valence-corrected chi connectivity index (χ4v) is 1.70. The van der Waals surface area contributed by atoms with E-state index < -0.39 is 0 Å². The molecule has 0 radical (unpaired) electrons. The summed E-state index contributed by atoms with van der Waals surface area (Å²) in [6.45, 7) is 2.74. The first-order valence-electron chi connectivity index (χ1n) is 5.49. The van der Waals surface area contributed by atoms with E-state index in [9.17, 15) is 0 Å². The monoisotopic (exact) mass is 215 g/mol. The second-order valence-corrected chi connectivity index (χ2v) is 4.07. The van der Waals surface area contributed by atoms with Crippen LogP contribution >= 0.6 is 0 Å². The number of amidine groups is 1. The minimum Gasteiger partial charge on any atom is -0.409 e. The molecule has 1 aliphatic heterocycles. The Morgan fingerprint density at radius 1 is 1.60 bits per heavy atom. The molecule has 0 aromatic rings. The molecule has 0 aromatic heterocycles. The summed E-state index contributed by atoms with van der Waals surface area (Å²) in [6.07, 6.45) is 4.51. The Balaban J connectivity index is 2.04. The highest BCUT2D eigenvalue weighted by Crippen LogP contribution is 2.15. The summed E-state index contributed by atoms with van der Waals surface area (Å²) in [7, 11) is 2.04. The van der Waals surface area contributed by atoms with E-state index in [-0.39, 0.29) is 0 Å². The van der Waals surface area contributed by atoms with Gasteiger partial charge >= 0.3 is 0 Å². The van der Waals surface area contributed by atoms with Gasteiger partial charge in [0.15, 0.2) is 0 Å². The quantitative estimate of drug-likeness (QED) is 0.295. The first-order chi connectivity index (χ1) is 7.22. The van der Waals surface area contributed by atoms with Crippen LogP contribution in [0.25, 0.3) is 0 Å². The average molecular weight is 215 g/mol. The van der Waals surface area contributed by atoms with Gasteiger partial charge in [-0.3, -0.25) is 0 Å². The molecule has 1 unspecified atom stereocenters. The molecule has 5 nitrogen and oxygen atoms in total. The number of rotatable bonds is 6. The summed E-state index contributed by atoms with van der Waals surface area (Å²) in [5.41, 5.74) is 5.39. The lowest BCUT2D eigenvalue weighted by molar-refractivity contribution is 0.0953. The third-order valence-electron chi connectivity index (χ3n) is 2.73. The van der Waals surface area contributed by atoms with Crippen molar-refractivity contribution in [3.8, 4) is 0 Å². The zero-order valence-corrected chi connectivity index (χ0v) is 9.35. The van der Waals surface area contributed by atoms with Gasteiger partial charge in [0.05, 0.1) is 6.10 Å². The normalized spacial score (nSPS) is 22.5. The zero-order valence-electron chi connectivity index (χ0n) is 9.35. The van der Waals surface area contributed by atoms with E-state index in [2.05, 4.69) is 10.1 Å². The van der Waals surface area contributed by atoms with E-state index in [4.69, 9.17) is 15.7 Å². The second kappa shape index (κ2) is 6.63. The number of nitrogens with zero attached hydrogens (tertiary/aromatic N) is 2. The lowest BCUT2D eigenvalue weighted by Gasteiger charge is -2.18. The molecular formula is C10H21N3O2. The van der Waals surface area contributed by atoms with Crippen LogP contribution in [0.5, 0.6) is 0 Å². The lowest BCUT2D eigenvalue weighted by atomic mass is 10.2. The highest BCUT2D eigenvalue weighted by atomic mass is 16.5. The van der Waals surface area contributed by atoms with Gasteiger partial charge in [0.2, 0.25) is 0 Å². The average Bonchev–Trinajstić information content (AvgIpc) is 2.75. The molecule has 1 heterocycles. The van der Waals surface area contributed by atoms with Gasteiger partial charge in [0.1, 0.15) is 5.84 Å². The number of nitrogens with two attached hydrogens (primary N) is 1. The number of oxime groups is 1. The maximum absolute atomic E-state index is 8.37. The molecule has 3 N–H and O–H groups in total. The van der Waals surface area contributed by atoms with Crippen LogP contribution in [-0.2, 0) is 4.74 Å². The van der Waals surface area contributed by atoms with E-state index in [1.807, 2.05) is 7.05 Å². The third-order valence-corrected chi connectivity index (χ3v) is 2.73. The molecule has 0 saturated carbocycles. The van der Waals surface area contributed by atoms with Crippen molar-refractivity contribution in [2.45, 2.75) is 31.8 Å². The minimum atomic E-state index is 0.291. The first-order valence-corrected chi connectivity index (χ1v) is 5.49. The summed E-state index contributed by atoms with van der Waals surface area (Å²) < 4.78 is 5.54. The minimum absolute atomic E-state index is 0.291. The Morgan fingerprint density at radius 2 is 2.40 bits per heavy atom. The van der Waals surface area contributed by atoms with Crippen molar-refractivity contribution in [2.24, 2.45) is 10.9 Å². The van der Waals surface area contributed by atoms with E-state index >= 15 is 0 Å². The Kier molecular flexibility index (Phi) is 5.42. The molecule has 0 bridgehead atoms. The standard InChI is InChI=1S/C10H21N3O2/c1-13(7-5-10(11)12-14)6-4-9-3-2-8-15-9/h9,14H,2-8H2,1H3,(H2,11,12). The topological polar surface area (TPSA) is 71.1 Å². The Morgan fingerprint density at radius 3 is 3.00 bits per heavy atom. The van der Waals surface area contributed by atoms with E-state index in [0.29, 0.717) is 18.4 Å². The SMILES string of the molecule is CN(CCC(N)=NO)CCC1CCCO1. The van der Waals surface area contributed by atoms with Crippen LogP contribution < -0.4 is 5.73 Å². The van der Waals surface area contributed by atoms with Crippen LogP contribution in [-0.4, -0.2) is 48.8 Å². The highest BCUT2D eigenvalue weighted by molar-refractivity contribution is 5.79. The van der Waals surface area contributed by atoms with Gasteiger partial charge in [0.25, 0.3) is 0 Å². The smallest absolute Gasteiger partial charge is 0.140 e. The Hall–Kier alpha value is -0.810. The molecule has 1 saturated heterocycles. The summed E-state index contributed by atoms with van der Waals surface area (Å²) in [5, 5.41) is 11.3. The van der Waals surface area contributed by atoms with E-state index in [1.54, 1.807) is 0 Å². The lowest BCUT2D eigenvalue weighted by Crippen LogP contribution is -2.27. The van der Waals surface area contributed by atoms with E-state index in [0.717, 1.165) is 26.1 Å². The molecule has 5 heteroatoms. The Bertz CT molecular complexity index is 203. The van der Waals surface area contributed by atoms with Crippen molar-refractivity contribution in [3.05, 3.63) is 0 Å². The largest absolute Gasteiger partial charge is 0.409 e. The molecule has 0 aromatic carbocycles. The summed E-state index contributed by atoms with van der Waals surface area (Å²) in [4.78, 5) is 2.18. The molecule has 1 aliphatic rings. The molecule has 0 amide bonds. The number of hydrogen-bond donors (Lipinski definition) is 2. The highest BCUT2D eigenvalue weighted by Gasteiger charge is 2.15. The van der Waals surface area contributed by atoms with Gasteiger partial charge in [-0.1, -0.05) is 5.16 Å². The van der Waals surface area contributed by atoms with Crippen molar-refractivity contribution >= 4 is 5.84 Å². The van der Waals surface area contributed by atoms with Gasteiger partial charge in [-0.2, -0.15) is 0 Å². The molecule has 1 rings (SSSR count). The maximum Gasteiger partial charge on any atom is 0.140 e. The van der Waals surface area contributed by atoms with Crippen molar-refractivity contribution in [2.75, 3.05) is 26.7 Å². The molecule has 0 aliphatic carbocycles. The van der Waals surface area contributed by atoms with Crippen LogP contribution in [0.3, 0.4) is 0 Å². The molecule has 1 atom stereocenters. The van der Waals surface area contributed by atoms with Crippen molar-refractivity contribution < 1.29 is 9.94 Å². The molecule has 1 fully saturated rings. The summed E-state index contributed by atoms with van der Waals surface area (Å²) in [6, 6.07) is 0. The molecule has 15 heavy (non-hydrogen) atoms. The van der Waals surface area contributed by atoms with Crippen LogP contribution in [0, 0.1) is 0 Å². The molecule has 88 valence electrons. The van der Waals surface area contributed by atoms with Crippen molar-refractivity contribution in [1.82, 2.24) is 4.90 Å². The van der Waals surface area contributed by atoms with Crippen LogP contribution in [0.2, 0.25) is 0 Å². The predicted molar refractivity (Wildman–Crippen MR) is 59.1 cm³/mol. The maximum atomic E-state index is 8.37. The molecule has 0 spiro atoms. The van der Waals surface area contributed by atoms with Crippen LogP contribution in [0.1, 0.15) is 25.7 Å². The van der Waals surface area contributed by atoms with Gasteiger partial charge in [-0.05, 0) is 26.3 Å². The Labute approximate surface area is 90.9 Å². The van der Waals surface area contributed by atoms with Gasteiger partial charge in [0, 0.05) is 26.1 Å². The van der Waals surface area contributed by atoms with Crippen molar-refractivity contribution in [1.29, 1.82) is 0 Å². The third kappa shape index (κ3) is 4.99. The van der Waals surface area contributed by atoms with Crippen molar-refractivity contribution in [3.63, 3.8) is 0 Å². The number of hydrogen-bond acceptors (Lipinski definition) is 4. The predicted octanol–water partition coefficient (Wildman–Crippen LogP) is 0.624. The van der Waals surface area contributed by atoms with Crippen LogP contribution in [0.4, 0.5) is 0 Å². The van der Waals surface area contributed by atoms with Gasteiger partial charge in [-0.25, -0.2) is 0 Å². The molecular weight excluding hydrogens is 194 g/mol. The zero-order chi connectivity index (χ0) is 11.1. The summed E-state index contributed by atoms with van der Waals surface area (Å²) in [5.74, 6) is 0.291. The van der Waals surface area contributed by atoms with Crippen LogP contribution in [0.15, 0.2) is 5.16 Å². The first kappa shape index (κ1) is 12.3. The second-order valence-electron chi connectivity index (χ2n) is 4.07. The van der Waals surface area contributed by atoms with Gasteiger partial charge < -0.3 is 20.6 Å². The fourth-order valence-electron chi connectivity index (χ4n) is 1.70.